The van der Waals surface area contributed by atoms with Crippen molar-refractivity contribution in [2.75, 3.05) is 19.1 Å². The molecule has 0 aliphatic heterocycles. The van der Waals surface area contributed by atoms with Gasteiger partial charge in [-0.2, -0.15) is 11.8 Å². The second-order valence-electron chi connectivity index (χ2n) is 3.88. The average molecular weight is 274 g/mol. The normalized spacial score (nSPS) is 12.2. The molecule has 0 bridgehead atoms. The van der Waals surface area contributed by atoms with Crippen LogP contribution in [0.3, 0.4) is 0 Å². The summed E-state index contributed by atoms with van der Waals surface area (Å²) in [6.45, 7) is 1.97. The van der Waals surface area contributed by atoms with Crippen molar-refractivity contribution in [1.82, 2.24) is 4.90 Å². The van der Waals surface area contributed by atoms with Crippen molar-refractivity contribution in [3.63, 3.8) is 0 Å². The Morgan fingerprint density at radius 3 is 2.76 bits per heavy atom. The van der Waals surface area contributed by atoms with Gasteiger partial charge in [0.15, 0.2) is 0 Å². The Morgan fingerprint density at radius 1 is 1.59 bits per heavy atom. The van der Waals surface area contributed by atoms with E-state index in [1.165, 1.54) is 6.07 Å². The minimum atomic E-state index is -0.194. The van der Waals surface area contributed by atoms with Gasteiger partial charge in [0, 0.05) is 23.9 Å². The van der Waals surface area contributed by atoms with E-state index in [4.69, 9.17) is 11.6 Å². The number of amides is 1. The summed E-state index contributed by atoms with van der Waals surface area (Å²) in [6, 6.07) is 4.64. The number of hydrogen-bond acceptors (Lipinski definition) is 3. The number of carbonyl (C=O) groups is 1. The largest absolute Gasteiger partial charge is 0.507 e. The molecule has 5 heteroatoms. The van der Waals surface area contributed by atoms with Crippen LogP contribution in [-0.2, 0) is 0 Å². The summed E-state index contributed by atoms with van der Waals surface area (Å²) in [4.78, 5) is 13.7. The zero-order chi connectivity index (χ0) is 13.0. The fraction of sp³-hybridized carbons (Fsp3) is 0.417. The van der Waals surface area contributed by atoms with Crippen LogP contribution in [-0.4, -0.2) is 41.0 Å². The van der Waals surface area contributed by atoms with Gasteiger partial charge < -0.3 is 10.0 Å². The summed E-state index contributed by atoms with van der Waals surface area (Å²) in [5.74, 6) is 0.586. The lowest BCUT2D eigenvalue weighted by molar-refractivity contribution is 0.0754. The first-order valence-corrected chi connectivity index (χ1v) is 6.99. The zero-order valence-corrected chi connectivity index (χ0v) is 11.7. The van der Waals surface area contributed by atoms with Crippen molar-refractivity contribution in [3.05, 3.63) is 28.8 Å². The van der Waals surface area contributed by atoms with Crippen LogP contribution < -0.4 is 0 Å². The number of thioether (sulfide) groups is 1. The van der Waals surface area contributed by atoms with E-state index in [1.54, 1.807) is 35.8 Å². The highest BCUT2D eigenvalue weighted by atomic mass is 35.5. The Labute approximate surface area is 111 Å². The number of aromatic hydroxyl groups is 1. The van der Waals surface area contributed by atoms with Crippen LogP contribution in [0.25, 0.3) is 0 Å². The van der Waals surface area contributed by atoms with Crippen molar-refractivity contribution in [3.8, 4) is 5.75 Å². The maximum atomic E-state index is 12.1. The highest BCUT2D eigenvalue weighted by molar-refractivity contribution is 7.98. The van der Waals surface area contributed by atoms with Gasteiger partial charge in [0.25, 0.3) is 5.91 Å². The summed E-state index contributed by atoms with van der Waals surface area (Å²) in [6.07, 6.45) is 1.99. The fourth-order valence-corrected chi connectivity index (χ4v) is 2.30. The maximum absolute atomic E-state index is 12.1. The number of nitrogens with zero attached hydrogens (tertiary/aromatic N) is 1. The molecular weight excluding hydrogens is 258 g/mol. The molecule has 0 saturated carbocycles. The molecule has 1 N–H and O–H groups in total. The number of phenols is 1. The number of phenolic OH excluding ortho intramolecular Hbond substituents is 1. The van der Waals surface area contributed by atoms with Crippen molar-refractivity contribution in [2.24, 2.45) is 0 Å². The molecule has 3 nitrogen and oxygen atoms in total. The van der Waals surface area contributed by atoms with E-state index in [9.17, 15) is 9.90 Å². The van der Waals surface area contributed by atoms with Gasteiger partial charge in [-0.1, -0.05) is 11.6 Å². The highest BCUT2D eigenvalue weighted by Crippen LogP contribution is 2.23. The molecule has 0 heterocycles. The molecule has 0 radical (unpaired) electrons. The van der Waals surface area contributed by atoms with E-state index in [0.717, 1.165) is 5.75 Å². The van der Waals surface area contributed by atoms with E-state index in [2.05, 4.69) is 0 Å². The third-order valence-corrected chi connectivity index (χ3v) is 3.63. The van der Waals surface area contributed by atoms with Crippen LogP contribution >= 0.6 is 23.4 Å². The molecule has 0 spiro atoms. The lowest BCUT2D eigenvalue weighted by Crippen LogP contribution is -2.36. The molecule has 1 aromatic rings. The summed E-state index contributed by atoms with van der Waals surface area (Å²) < 4.78 is 0. The first-order valence-electron chi connectivity index (χ1n) is 5.22. The van der Waals surface area contributed by atoms with Crippen molar-refractivity contribution < 1.29 is 9.90 Å². The second-order valence-corrected chi connectivity index (χ2v) is 5.23. The van der Waals surface area contributed by atoms with Gasteiger partial charge in [-0.15, -0.1) is 0 Å². The molecule has 0 aliphatic rings. The van der Waals surface area contributed by atoms with Gasteiger partial charge in [-0.3, -0.25) is 4.79 Å². The number of benzene rings is 1. The van der Waals surface area contributed by atoms with Gasteiger partial charge >= 0.3 is 0 Å². The Morgan fingerprint density at radius 2 is 2.24 bits per heavy atom. The van der Waals surface area contributed by atoms with Gasteiger partial charge in [-0.25, -0.2) is 0 Å². The van der Waals surface area contributed by atoms with E-state index in [-0.39, 0.29) is 23.3 Å². The number of rotatable bonds is 4. The van der Waals surface area contributed by atoms with Crippen LogP contribution in [0.5, 0.6) is 5.75 Å². The zero-order valence-electron chi connectivity index (χ0n) is 10.1. The van der Waals surface area contributed by atoms with E-state index in [0.29, 0.717) is 5.02 Å². The Bertz CT molecular complexity index is 411. The molecule has 0 aliphatic carbocycles. The quantitative estimate of drug-likeness (QED) is 0.917. The van der Waals surface area contributed by atoms with Gasteiger partial charge in [0.05, 0.1) is 5.56 Å². The van der Waals surface area contributed by atoms with Crippen LogP contribution in [0.2, 0.25) is 5.02 Å². The topological polar surface area (TPSA) is 40.5 Å². The lowest BCUT2D eigenvalue weighted by atomic mass is 10.1. The summed E-state index contributed by atoms with van der Waals surface area (Å²) in [7, 11) is 1.73. The summed E-state index contributed by atoms with van der Waals surface area (Å²) in [5, 5.41) is 10.1. The minimum absolute atomic E-state index is 0.0781. The molecule has 1 unspecified atom stereocenters. The van der Waals surface area contributed by atoms with Crippen LogP contribution in [0.1, 0.15) is 17.3 Å². The number of carbonyl (C=O) groups excluding carboxylic acids is 1. The minimum Gasteiger partial charge on any atom is -0.507 e. The SMILES string of the molecule is CSCC(C)N(C)C(=O)c1ccc(Cl)cc1O. The Hall–Kier alpha value is -0.870. The molecule has 1 rings (SSSR count). The highest BCUT2D eigenvalue weighted by Gasteiger charge is 2.19. The molecule has 17 heavy (non-hydrogen) atoms. The predicted octanol–water partition coefficient (Wildman–Crippen LogP) is 2.87. The smallest absolute Gasteiger partial charge is 0.257 e. The third kappa shape index (κ3) is 3.54. The Kier molecular flexibility index (Phi) is 5.15. The van der Waals surface area contributed by atoms with Crippen LogP contribution in [0.15, 0.2) is 18.2 Å². The van der Waals surface area contributed by atoms with Crippen LogP contribution in [0, 0.1) is 0 Å². The standard InChI is InChI=1S/C12H16ClNO2S/c1-8(7-17-3)14(2)12(16)10-5-4-9(13)6-11(10)15/h4-6,8,15H,7H2,1-3H3. The van der Waals surface area contributed by atoms with Crippen molar-refractivity contribution >= 4 is 29.3 Å². The van der Waals surface area contributed by atoms with E-state index in [1.807, 2.05) is 13.2 Å². The van der Waals surface area contributed by atoms with Gasteiger partial charge in [0.2, 0.25) is 0 Å². The number of hydrogen-bond donors (Lipinski definition) is 1. The molecular formula is C12H16ClNO2S. The molecule has 1 aromatic carbocycles. The van der Waals surface area contributed by atoms with Crippen LogP contribution in [0.4, 0.5) is 0 Å². The molecule has 0 fully saturated rings. The van der Waals surface area contributed by atoms with E-state index < -0.39 is 0 Å². The van der Waals surface area contributed by atoms with Crippen molar-refractivity contribution in [1.29, 1.82) is 0 Å². The summed E-state index contributed by atoms with van der Waals surface area (Å²) >= 11 is 7.41. The summed E-state index contributed by atoms with van der Waals surface area (Å²) in [5.41, 5.74) is 0.282. The third-order valence-electron chi connectivity index (χ3n) is 2.58. The molecule has 0 aromatic heterocycles. The number of halogens is 1. The molecule has 1 amide bonds. The monoisotopic (exact) mass is 273 g/mol. The van der Waals surface area contributed by atoms with Gasteiger partial charge in [0.1, 0.15) is 5.75 Å². The fourth-order valence-electron chi connectivity index (χ4n) is 1.43. The molecule has 1 atom stereocenters. The second kappa shape index (κ2) is 6.17. The van der Waals surface area contributed by atoms with Crippen molar-refractivity contribution in [2.45, 2.75) is 13.0 Å². The predicted molar refractivity (Wildman–Crippen MR) is 73.1 cm³/mol. The Balaban J connectivity index is 2.88. The molecule has 94 valence electrons. The first-order chi connectivity index (χ1) is 7.97. The molecule has 0 saturated heterocycles. The van der Waals surface area contributed by atoms with E-state index >= 15 is 0 Å². The van der Waals surface area contributed by atoms with Gasteiger partial charge in [-0.05, 0) is 31.4 Å². The maximum Gasteiger partial charge on any atom is 0.257 e. The first kappa shape index (κ1) is 14.2. The average Bonchev–Trinajstić information content (AvgIpc) is 2.27. The lowest BCUT2D eigenvalue weighted by Gasteiger charge is -2.24.